The number of amides is 1. The molecule has 1 aliphatic heterocycles. The minimum absolute atomic E-state index is 0.0996. The summed E-state index contributed by atoms with van der Waals surface area (Å²) < 4.78 is 1.07. The highest BCUT2D eigenvalue weighted by Gasteiger charge is 2.33. The van der Waals surface area contributed by atoms with Crippen LogP contribution in [-0.4, -0.2) is 38.5 Å². The number of carboxylic acids is 1. The second kappa shape index (κ2) is 9.30. The molecule has 0 aromatic heterocycles. The Labute approximate surface area is 185 Å². The van der Waals surface area contributed by atoms with Gasteiger partial charge >= 0.3 is 5.97 Å². The summed E-state index contributed by atoms with van der Waals surface area (Å²) in [5.41, 5.74) is 2.20. The standard InChI is InChI=1S/C21H14BrNO4S2/c22-16-3-1-2-15(11-16)17(24)9-8-13-4-6-14(7-5-13)10-18-20(27)23(12-19(25)26)21(28)29-18/h1-11H,12H2,(H,25,26)/b9-8+,18-10+. The topological polar surface area (TPSA) is 74.7 Å². The third kappa shape index (κ3) is 5.50. The van der Waals surface area contributed by atoms with Gasteiger partial charge in [-0.05, 0) is 35.4 Å². The van der Waals surface area contributed by atoms with Crippen molar-refractivity contribution in [3.63, 3.8) is 0 Å². The van der Waals surface area contributed by atoms with Crippen molar-refractivity contribution in [3.05, 3.63) is 80.7 Å². The van der Waals surface area contributed by atoms with Gasteiger partial charge in [0.05, 0.1) is 4.91 Å². The van der Waals surface area contributed by atoms with Gasteiger partial charge in [-0.2, -0.15) is 0 Å². The minimum atomic E-state index is -1.11. The Morgan fingerprint density at radius 1 is 1.14 bits per heavy atom. The first-order valence-electron chi connectivity index (χ1n) is 8.39. The molecule has 3 rings (SSSR count). The van der Waals surface area contributed by atoms with E-state index in [9.17, 15) is 14.4 Å². The van der Waals surface area contributed by atoms with Gasteiger partial charge in [-0.1, -0.05) is 82.4 Å². The van der Waals surface area contributed by atoms with Gasteiger partial charge in [-0.3, -0.25) is 19.3 Å². The highest BCUT2D eigenvalue weighted by Crippen LogP contribution is 2.32. The van der Waals surface area contributed by atoms with Crippen LogP contribution in [-0.2, 0) is 9.59 Å². The molecule has 146 valence electrons. The van der Waals surface area contributed by atoms with Gasteiger partial charge in [-0.25, -0.2) is 0 Å². The van der Waals surface area contributed by atoms with Crippen molar-refractivity contribution in [3.8, 4) is 0 Å². The summed E-state index contributed by atoms with van der Waals surface area (Å²) in [6, 6.07) is 14.5. The molecule has 0 bridgehead atoms. The third-order valence-electron chi connectivity index (χ3n) is 3.94. The Morgan fingerprint density at radius 2 is 1.83 bits per heavy atom. The van der Waals surface area contributed by atoms with Crippen molar-refractivity contribution in [1.29, 1.82) is 0 Å². The van der Waals surface area contributed by atoms with Crippen LogP contribution in [0.1, 0.15) is 21.5 Å². The molecule has 1 amide bonds. The molecule has 2 aromatic carbocycles. The molecule has 5 nitrogen and oxygen atoms in total. The molecular weight excluding hydrogens is 474 g/mol. The van der Waals surface area contributed by atoms with Crippen LogP contribution < -0.4 is 0 Å². The summed E-state index contributed by atoms with van der Waals surface area (Å²) in [6.07, 6.45) is 4.90. The lowest BCUT2D eigenvalue weighted by atomic mass is 10.1. The van der Waals surface area contributed by atoms with Crippen LogP contribution in [0.15, 0.2) is 64.0 Å². The number of carbonyl (C=O) groups is 3. The first-order valence-corrected chi connectivity index (χ1v) is 10.4. The van der Waals surface area contributed by atoms with Crippen molar-refractivity contribution >= 4 is 74.0 Å². The second-order valence-corrected chi connectivity index (χ2v) is 8.63. The number of carbonyl (C=O) groups excluding carboxylic acids is 2. The lowest BCUT2D eigenvalue weighted by Crippen LogP contribution is -2.33. The van der Waals surface area contributed by atoms with Crippen molar-refractivity contribution in [2.75, 3.05) is 6.54 Å². The number of halogens is 1. The number of aliphatic carboxylic acids is 1. The predicted molar refractivity (Wildman–Crippen MR) is 121 cm³/mol. The van der Waals surface area contributed by atoms with Crippen molar-refractivity contribution < 1.29 is 19.5 Å². The number of hydrogen-bond donors (Lipinski definition) is 1. The highest BCUT2D eigenvalue weighted by atomic mass is 79.9. The number of carboxylic acid groups (broad SMARTS) is 1. The molecule has 8 heteroatoms. The van der Waals surface area contributed by atoms with Gasteiger partial charge in [0.15, 0.2) is 5.78 Å². The van der Waals surface area contributed by atoms with Crippen molar-refractivity contribution in [1.82, 2.24) is 4.90 Å². The Morgan fingerprint density at radius 3 is 2.48 bits per heavy atom. The molecule has 29 heavy (non-hydrogen) atoms. The first-order chi connectivity index (χ1) is 13.8. The number of nitrogens with zero attached hydrogens (tertiary/aromatic N) is 1. The molecule has 1 saturated heterocycles. The maximum Gasteiger partial charge on any atom is 0.323 e. The number of allylic oxidation sites excluding steroid dienone is 1. The monoisotopic (exact) mass is 487 g/mol. The van der Waals surface area contributed by atoms with Gasteiger partial charge in [0.25, 0.3) is 5.91 Å². The minimum Gasteiger partial charge on any atom is -0.480 e. The van der Waals surface area contributed by atoms with Gasteiger partial charge in [-0.15, -0.1) is 0 Å². The molecule has 0 aliphatic carbocycles. The Kier molecular flexibility index (Phi) is 6.79. The van der Waals surface area contributed by atoms with Gasteiger partial charge in [0, 0.05) is 10.0 Å². The van der Waals surface area contributed by atoms with Crippen molar-refractivity contribution in [2.24, 2.45) is 0 Å². The van der Waals surface area contributed by atoms with Crippen LogP contribution in [0.4, 0.5) is 0 Å². The fourth-order valence-electron chi connectivity index (χ4n) is 2.54. The smallest absolute Gasteiger partial charge is 0.323 e. The molecular formula is C21H14BrNO4S2. The second-order valence-electron chi connectivity index (χ2n) is 6.04. The molecule has 1 aliphatic rings. The van der Waals surface area contributed by atoms with Gasteiger partial charge in [0.2, 0.25) is 0 Å². The van der Waals surface area contributed by atoms with Gasteiger partial charge < -0.3 is 5.11 Å². The molecule has 0 unspecified atom stereocenters. The molecule has 1 fully saturated rings. The van der Waals surface area contributed by atoms with E-state index >= 15 is 0 Å². The quantitative estimate of drug-likeness (QED) is 0.363. The first kappa shape index (κ1) is 21.2. The maximum atomic E-state index is 12.3. The summed E-state index contributed by atoms with van der Waals surface area (Å²) in [4.78, 5) is 36.8. The summed E-state index contributed by atoms with van der Waals surface area (Å²) in [5.74, 6) is -1.63. The maximum absolute atomic E-state index is 12.3. The van der Waals surface area contributed by atoms with Crippen LogP contribution in [0, 0.1) is 0 Å². The van der Waals surface area contributed by atoms with E-state index in [0.29, 0.717) is 10.5 Å². The van der Waals surface area contributed by atoms with E-state index in [1.165, 1.54) is 6.08 Å². The number of thiocarbonyl (C=S) groups is 1. The van der Waals surface area contributed by atoms with Crippen LogP contribution in [0.3, 0.4) is 0 Å². The highest BCUT2D eigenvalue weighted by molar-refractivity contribution is 9.10. The summed E-state index contributed by atoms with van der Waals surface area (Å²) in [7, 11) is 0. The normalized spacial score (nSPS) is 15.5. The van der Waals surface area contributed by atoms with E-state index in [-0.39, 0.29) is 10.1 Å². The van der Waals surface area contributed by atoms with Crippen LogP contribution >= 0.6 is 39.9 Å². The van der Waals surface area contributed by atoms with Crippen molar-refractivity contribution in [2.45, 2.75) is 0 Å². The zero-order chi connectivity index (χ0) is 21.0. The summed E-state index contributed by atoms with van der Waals surface area (Å²) in [6.45, 7) is -0.447. The average Bonchev–Trinajstić information content (AvgIpc) is 2.94. The van der Waals surface area contributed by atoms with E-state index in [4.69, 9.17) is 17.3 Å². The Balaban J connectivity index is 1.70. The van der Waals surface area contributed by atoms with E-state index in [0.717, 1.165) is 32.3 Å². The zero-order valence-corrected chi connectivity index (χ0v) is 18.1. The Bertz CT molecular complexity index is 1060. The number of rotatable bonds is 6. The molecule has 1 heterocycles. The van der Waals surface area contributed by atoms with E-state index in [2.05, 4.69) is 15.9 Å². The van der Waals surface area contributed by atoms with E-state index in [1.807, 2.05) is 30.3 Å². The fourth-order valence-corrected chi connectivity index (χ4v) is 4.19. The zero-order valence-electron chi connectivity index (χ0n) is 14.9. The van der Waals surface area contributed by atoms with E-state index < -0.39 is 18.4 Å². The molecule has 1 N–H and O–H groups in total. The number of hydrogen-bond acceptors (Lipinski definition) is 5. The SMILES string of the molecule is O=C(O)CN1C(=O)/C(=C\c2ccc(/C=C/C(=O)c3cccc(Br)c3)cc2)SC1=S. The Hall–Kier alpha value is -2.55. The molecule has 2 aromatic rings. The predicted octanol–water partition coefficient (Wildman–Crippen LogP) is 4.63. The molecule has 0 spiro atoms. The molecule has 0 saturated carbocycles. The lowest BCUT2D eigenvalue weighted by Gasteiger charge is -2.10. The third-order valence-corrected chi connectivity index (χ3v) is 5.81. The molecule has 0 radical (unpaired) electrons. The molecule has 0 atom stereocenters. The fraction of sp³-hybridized carbons (Fsp3) is 0.0476. The number of ketones is 1. The van der Waals surface area contributed by atoms with Crippen LogP contribution in [0.25, 0.3) is 12.2 Å². The summed E-state index contributed by atoms with van der Waals surface area (Å²) in [5, 5.41) is 8.88. The van der Waals surface area contributed by atoms with Crippen LogP contribution in [0.5, 0.6) is 0 Å². The average molecular weight is 488 g/mol. The lowest BCUT2D eigenvalue weighted by molar-refractivity contribution is -0.140. The number of thioether (sulfide) groups is 1. The number of benzene rings is 2. The van der Waals surface area contributed by atoms with Crippen LogP contribution in [0.2, 0.25) is 0 Å². The van der Waals surface area contributed by atoms with E-state index in [1.54, 1.807) is 30.4 Å². The van der Waals surface area contributed by atoms with Gasteiger partial charge in [0.1, 0.15) is 10.9 Å². The summed E-state index contributed by atoms with van der Waals surface area (Å²) >= 11 is 9.50. The largest absolute Gasteiger partial charge is 0.480 e.